The number of Topliss-reactive ketones (excluding diaryl/α,β-unsaturated/α-hetero) is 1. The van der Waals surface area contributed by atoms with Gasteiger partial charge in [0.2, 0.25) is 0 Å². The van der Waals surface area contributed by atoms with Gasteiger partial charge in [-0.25, -0.2) is 0 Å². The Kier molecular flexibility index (Phi) is 5.95. The summed E-state index contributed by atoms with van der Waals surface area (Å²) < 4.78 is 5.31. The van der Waals surface area contributed by atoms with Crippen LogP contribution < -0.4 is 9.64 Å². The molecule has 0 radical (unpaired) electrons. The Labute approximate surface area is 199 Å². The van der Waals surface area contributed by atoms with E-state index in [0.717, 1.165) is 5.56 Å². The molecule has 4 rings (SSSR count). The molecule has 0 aliphatic carbocycles. The summed E-state index contributed by atoms with van der Waals surface area (Å²) in [4.78, 5) is 45.7. The van der Waals surface area contributed by atoms with Crippen LogP contribution in [0.2, 0.25) is 0 Å². The predicted octanol–water partition coefficient (Wildman–Crippen LogP) is 2.51. The van der Waals surface area contributed by atoms with Crippen molar-refractivity contribution in [2.24, 2.45) is 0 Å². The van der Waals surface area contributed by atoms with Crippen molar-refractivity contribution in [1.29, 1.82) is 0 Å². The number of likely N-dealkylation sites (N-methyl/N-ethyl adjacent to an activating group) is 2. The molecule has 1 saturated heterocycles. The van der Waals surface area contributed by atoms with Crippen LogP contribution in [0.5, 0.6) is 5.75 Å². The van der Waals surface area contributed by atoms with Gasteiger partial charge in [0.05, 0.1) is 18.4 Å². The fourth-order valence-corrected chi connectivity index (χ4v) is 4.95. The number of fused-ring (bicyclic) bond motifs is 2. The molecule has 2 aromatic rings. The van der Waals surface area contributed by atoms with Gasteiger partial charge in [-0.15, -0.1) is 0 Å². The van der Waals surface area contributed by atoms with Gasteiger partial charge >= 0.3 is 0 Å². The number of aliphatic hydroxyl groups excluding tert-OH is 1. The third-order valence-corrected chi connectivity index (χ3v) is 6.56. The molecule has 1 unspecified atom stereocenters. The predicted molar refractivity (Wildman–Crippen MR) is 129 cm³/mol. The lowest BCUT2D eigenvalue weighted by Gasteiger charge is -2.35. The molecule has 2 amide bonds. The molecule has 2 aromatic carbocycles. The van der Waals surface area contributed by atoms with Gasteiger partial charge in [-0.3, -0.25) is 14.4 Å². The van der Waals surface area contributed by atoms with Gasteiger partial charge in [-0.1, -0.05) is 18.2 Å². The number of ether oxygens (including phenoxy) is 1. The number of aliphatic hydroxyl groups is 1. The van der Waals surface area contributed by atoms with Crippen LogP contribution in [0.4, 0.5) is 5.69 Å². The number of amides is 2. The molecular formula is C26H29N3O5. The van der Waals surface area contributed by atoms with Crippen molar-refractivity contribution < 1.29 is 24.2 Å². The number of hydrogen-bond acceptors (Lipinski definition) is 6. The van der Waals surface area contributed by atoms with Crippen molar-refractivity contribution in [3.8, 4) is 5.75 Å². The summed E-state index contributed by atoms with van der Waals surface area (Å²) in [6.07, 6.45) is 0. The molecule has 2 aliphatic rings. The summed E-state index contributed by atoms with van der Waals surface area (Å²) in [6, 6.07) is 12.1. The second-order valence-corrected chi connectivity index (χ2v) is 8.77. The molecule has 178 valence electrons. The standard InChI is InChI=1S/C26H29N3O5/c1-6-28-19-10-8-7-9-18(19)26(25(28)33)21(23(31)24(32)29(26)14-13-27(3)4)22(30)17-11-12-20(34-5)16(2)15-17/h7-12,15,30H,6,13-14H2,1-5H3. The zero-order valence-corrected chi connectivity index (χ0v) is 20.1. The van der Waals surface area contributed by atoms with E-state index in [2.05, 4.69) is 0 Å². The normalized spacial score (nSPS) is 21.2. The zero-order valence-electron chi connectivity index (χ0n) is 20.1. The summed E-state index contributed by atoms with van der Waals surface area (Å²) in [6.45, 7) is 4.60. The van der Waals surface area contributed by atoms with E-state index in [1.165, 1.54) is 4.90 Å². The van der Waals surface area contributed by atoms with E-state index in [-0.39, 0.29) is 17.9 Å². The molecule has 34 heavy (non-hydrogen) atoms. The number of likely N-dealkylation sites (tertiary alicyclic amines) is 1. The summed E-state index contributed by atoms with van der Waals surface area (Å²) in [5.74, 6) is -1.84. The summed E-state index contributed by atoms with van der Waals surface area (Å²) in [5.41, 5.74) is 0.304. The molecular weight excluding hydrogens is 434 g/mol. The van der Waals surface area contributed by atoms with Crippen molar-refractivity contribution >= 4 is 29.0 Å². The fraction of sp³-hybridized carbons (Fsp3) is 0.346. The molecule has 8 heteroatoms. The van der Waals surface area contributed by atoms with Crippen LogP contribution in [0.3, 0.4) is 0 Å². The van der Waals surface area contributed by atoms with E-state index in [0.29, 0.717) is 35.7 Å². The van der Waals surface area contributed by atoms with E-state index in [1.54, 1.807) is 48.4 Å². The first-order valence-corrected chi connectivity index (χ1v) is 11.2. The van der Waals surface area contributed by atoms with Crippen LogP contribution in [0.25, 0.3) is 5.76 Å². The molecule has 1 atom stereocenters. The smallest absolute Gasteiger partial charge is 0.296 e. The first-order valence-electron chi connectivity index (χ1n) is 11.2. The molecule has 2 heterocycles. The van der Waals surface area contributed by atoms with Crippen molar-refractivity contribution in [2.45, 2.75) is 19.4 Å². The number of hydrogen-bond donors (Lipinski definition) is 1. The number of carbonyl (C=O) groups excluding carboxylic acids is 3. The van der Waals surface area contributed by atoms with Crippen LogP contribution in [0, 0.1) is 6.92 Å². The minimum Gasteiger partial charge on any atom is -0.507 e. The average Bonchev–Trinajstić information content (AvgIpc) is 3.19. The molecule has 0 aromatic heterocycles. The molecule has 1 fully saturated rings. The maximum atomic E-state index is 14.1. The number of aryl methyl sites for hydroxylation is 1. The molecule has 1 spiro atoms. The molecule has 2 aliphatic heterocycles. The number of para-hydroxylation sites is 1. The number of benzene rings is 2. The Morgan fingerprint density at radius 1 is 1.12 bits per heavy atom. The average molecular weight is 464 g/mol. The first-order chi connectivity index (χ1) is 16.2. The molecule has 0 bridgehead atoms. The number of nitrogens with zero attached hydrogens (tertiary/aromatic N) is 3. The van der Waals surface area contributed by atoms with E-state index >= 15 is 0 Å². The Balaban J connectivity index is 2.04. The number of ketones is 1. The summed E-state index contributed by atoms with van der Waals surface area (Å²) in [5, 5.41) is 11.5. The number of rotatable bonds is 6. The minimum absolute atomic E-state index is 0.146. The maximum absolute atomic E-state index is 14.1. The van der Waals surface area contributed by atoms with E-state index < -0.39 is 23.1 Å². The number of methoxy groups -OCH3 is 1. The molecule has 1 N–H and O–H groups in total. The van der Waals surface area contributed by atoms with E-state index in [1.807, 2.05) is 38.9 Å². The Morgan fingerprint density at radius 2 is 1.82 bits per heavy atom. The Bertz CT molecular complexity index is 1220. The van der Waals surface area contributed by atoms with Crippen molar-refractivity contribution in [2.75, 3.05) is 45.7 Å². The quantitative estimate of drug-likeness (QED) is 0.402. The lowest BCUT2D eigenvalue weighted by molar-refractivity contribution is -0.143. The second kappa shape index (κ2) is 8.61. The SMILES string of the molecule is CCN1C(=O)C2(C(=C(O)c3ccc(OC)c(C)c3)C(=O)C(=O)N2CCN(C)C)c2ccccc21. The number of carbonyl (C=O) groups is 3. The highest BCUT2D eigenvalue weighted by molar-refractivity contribution is 6.50. The lowest BCUT2D eigenvalue weighted by Crippen LogP contribution is -2.53. The Hall–Kier alpha value is -3.65. The van der Waals surface area contributed by atoms with Crippen LogP contribution in [0.1, 0.15) is 23.6 Å². The second-order valence-electron chi connectivity index (χ2n) is 8.77. The maximum Gasteiger partial charge on any atom is 0.296 e. The summed E-state index contributed by atoms with van der Waals surface area (Å²) >= 11 is 0. The van der Waals surface area contributed by atoms with Gasteiger partial charge < -0.3 is 24.5 Å². The van der Waals surface area contributed by atoms with Crippen LogP contribution in [-0.2, 0) is 19.9 Å². The lowest BCUT2D eigenvalue weighted by atomic mass is 9.81. The molecule has 0 saturated carbocycles. The zero-order chi connectivity index (χ0) is 24.8. The van der Waals surface area contributed by atoms with Crippen molar-refractivity contribution in [1.82, 2.24) is 9.80 Å². The third kappa shape index (κ3) is 3.20. The van der Waals surface area contributed by atoms with Crippen molar-refractivity contribution in [3.05, 3.63) is 64.7 Å². The summed E-state index contributed by atoms with van der Waals surface area (Å²) in [7, 11) is 5.25. The van der Waals surface area contributed by atoms with Gasteiger partial charge in [-0.05, 0) is 57.8 Å². The Morgan fingerprint density at radius 3 is 2.44 bits per heavy atom. The fourth-order valence-electron chi connectivity index (χ4n) is 4.95. The first kappa shape index (κ1) is 23.5. The van der Waals surface area contributed by atoms with Crippen LogP contribution in [0.15, 0.2) is 48.0 Å². The van der Waals surface area contributed by atoms with E-state index in [4.69, 9.17) is 4.74 Å². The number of anilines is 1. The van der Waals surface area contributed by atoms with E-state index in [9.17, 15) is 19.5 Å². The highest BCUT2D eigenvalue weighted by atomic mass is 16.5. The minimum atomic E-state index is -1.73. The van der Waals surface area contributed by atoms with Gasteiger partial charge in [0.15, 0.2) is 5.54 Å². The van der Waals surface area contributed by atoms with Crippen molar-refractivity contribution in [3.63, 3.8) is 0 Å². The monoisotopic (exact) mass is 463 g/mol. The topological polar surface area (TPSA) is 90.4 Å². The van der Waals surface area contributed by atoms with Crippen LogP contribution in [-0.4, -0.2) is 73.3 Å². The molecule has 8 nitrogen and oxygen atoms in total. The van der Waals surface area contributed by atoms with Gasteiger partial charge in [0, 0.05) is 30.8 Å². The third-order valence-electron chi connectivity index (χ3n) is 6.56. The highest BCUT2D eigenvalue weighted by Gasteiger charge is 2.66. The van der Waals surface area contributed by atoms with Crippen LogP contribution >= 0.6 is 0 Å². The van der Waals surface area contributed by atoms with Gasteiger partial charge in [0.1, 0.15) is 11.5 Å². The van der Waals surface area contributed by atoms with Gasteiger partial charge in [0.25, 0.3) is 17.6 Å². The largest absolute Gasteiger partial charge is 0.507 e. The van der Waals surface area contributed by atoms with Gasteiger partial charge in [-0.2, -0.15) is 0 Å². The highest BCUT2D eigenvalue weighted by Crippen LogP contribution is 2.53.